The minimum atomic E-state index is 0. The fourth-order valence-electron chi connectivity index (χ4n) is 0.701. The lowest BCUT2D eigenvalue weighted by molar-refractivity contribution is -0.108. The second kappa shape index (κ2) is 6.94. The molecule has 6 heteroatoms. The van der Waals surface area contributed by atoms with Gasteiger partial charge in [-0.15, -0.1) is 24.8 Å². The highest BCUT2D eigenvalue weighted by Gasteiger charge is 1.91. The van der Waals surface area contributed by atoms with Gasteiger partial charge in [-0.3, -0.25) is 0 Å². The van der Waals surface area contributed by atoms with Gasteiger partial charge in [0.1, 0.15) is 12.1 Å². The molecule has 1 heterocycles. The maximum absolute atomic E-state index is 9.92. The molecule has 1 aromatic rings. The van der Waals surface area contributed by atoms with Crippen molar-refractivity contribution in [3.63, 3.8) is 0 Å². The highest BCUT2D eigenvalue weighted by atomic mass is 35.5. The molecular weight excluding hydrogens is 201 g/mol. The minimum Gasteiger partial charge on any atom is -0.382 e. The van der Waals surface area contributed by atoms with Crippen molar-refractivity contribution in [2.75, 3.05) is 5.73 Å². The van der Waals surface area contributed by atoms with E-state index >= 15 is 0 Å². The number of rotatable bonds is 3. The number of hydrogen-bond acceptors (Lipinski definition) is 3. The number of hydrogen-bond donors (Lipinski definition) is 1. The molecule has 0 amide bonds. The Morgan fingerprint density at radius 3 is 2.67 bits per heavy atom. The van der Waals surface area contributed by atoms with E-state index in [1.54, 1.807) is 17.1 Å². The van der Waals surface area contributed by atoms with Crippen molar-refractivity contribution < 1.29 is 4.79 Å². The maximum Gasteiger partial charge on any atom is 0.141 e. The lowest BCUT2D eigenvalue weighted by atomic mass is 10.5. The van der Waals surface area contributed by atoms with Crippen molar-refractivity contribution in [1.82, 2.24) is 9.55 Å². The first-order valence-electron chi connectivity index (χ1n) is 3.04. The van der Waals surface area contributed by atoms with Crippen LogP contribution in [0.4, 0.5) is 5.82 Å². The third kappa shape index (κ3) is 4.20. The molecule has 0 saturated carbocycles. The maximum atomic E-state index is 9.92. The van der Waals surface area contributed by atoms with Gasteiger partial charge in [-0.2, -0.15) is 0 Å². The molecule has 0 saturated heterocycles. The molecule has 70 valence electrons. The monoisotopic (exact) mass is 211 g/mol. The molecule has 0 aliphatic rings. The minimum absolute atomic E-state index is 0. The van der Waals surface area contributed by atoms with Crippen LogP contribution in [0.1, 0.15) is 6.42 Å². The first-order chi connectivity index (χ1) is 4.83. The molecule has 0 fully saturated rings. The van der Waals surface area contributed by atoms with Crippen molar-refractivity contribution in [3.05, 3.63) is 12.5 Å². The normalized spacial score (nSPS) is 8.00. The van der Waals surface area contributed by atoms with Crippen LogP contribution in [0, 0.1) is 0 Å². The fraction of sp³-hybridized carbons (Fsp3) is 0.333. The van der Waals surface area contributed by atoms with Gasteiger partial charge in [0.2, 0.25) is 0 Å². The summed E-state index contributed by atoms with van der Waals surface area (Å²) in [5.41, 5.74) is 5.33. The quantitative estimate of drug-likeness (QED) is 0.757. The van der Waals surface area contributed by atoms with E-state index in [1.165, 1.54) is 0 Å². The second-order valence-electron chi connectivity index (χ2n) is 1.99. The van der Waals surface area contributed by atoms with Gasteiger partial charge in [0, 0.05) is 19.2 Å². The lowest BCUT2D eigenvalue weighted by Crippen LogP contribution is -1.94. The Bertz CT molecular complexity index is 226. The highest BCUT2D eigenvalue weighted by Crippen LogP contribution is 1.96. The van der Waals surface area contributed by atoms with E-state index in [9.17, 15) is 4.79 Å². The molecule has 2 N–H and O–H groups in total. The van der Waals surface area contributed by atoms with Crippen LogP contribution in [0.15, 0.2) is 12.5 Å². The summed E-state index contributed by atoms with van der Waals surface area (Å²) in [5, 5.41) is 0. The summed E-state index contributed by atoms with van der Waals surface area (Å²) < 4.78 is 1.78. The number of aldehydes is 1. The number of halogens is 2. The molecular formula is C6H11Cl2N3O. The molecule has 1 rings (SSSR count). The SMILES string of the molecule is Cl.Cl.Nc1cn(CCC=O)cn1. The van der Waals surface area contributed by atoms with Gasteiger partial charge >= 0.3 is 0 Å². The largest absolute Gasteiger partial charge is 0.382 e. The molecule has 0 aliphatic carbocycles. The molecule has 4 nitrogen and oxygen atoms in total. The smallest absolute Gasteiger partial charge is 0.141 e. The number of aryl methyl sites for hydroxylation is 1. The van der Waals surface area contributed by atoms with Gasteiger partial charge in [0.25, 0.3) is 0 Å². The van der Waals surface area contributed by atoms with Gasteiger partial charge in [0.15, 0.2) is 0 Å². The summed E-state index contributed by atoms with van der Waals surface area (Å²) in [7, 11) is 0. The van der Waals surface area contributed by atoms with Crippen LogP contribution in [0.25, 0.3) is 0 Å². The zero-order valence-electron chi connectivity index (χ0n) is 6.34. The average molecular weight is 212 g/mol. The van der Waals surface area contributed by atoms with E-state index in [4.69, 9.17) is 5.73 Å². The number of nitrogens with zero attached hydrogens (tertiary/aromatic N) is 2. The van der Waals surface area contributed by atoms with Gasteiger partial charge < -0.3 is 15.1 Å². The number of nitrogen functional groups attached to an aromatic ring is 1. The number of nitrogens with two attached hydrogens (primary N) is 1. The Balaban J connectivity index is 0. The van der Waals surface area contributed by atoms with Crippen molar-refractivity contribution in [2.45, 2.75) is 13.0 Å². The Hall–Kier alpha value is -0.740. The zero-order valence-corrected chi connectivity index (χ0v) is 7.98. The third-order valence-corrected chi connectivity index (χ3v) is 1.16. The van der Waals surface area contributed by atoms with Crippen LogP contribution in [0.5, 0.6) is 0 Å². The lowest BCUT2D eigenvalue weighted by Gasteiger charge is -1.93. The van der Waals surface area contributed by atoms with Gasteiger partial charge in [-0.05, 0) is 0 Å². The van der Waals surface area contributed by atoms with Crippen LogP contribution >= 0.6 is 24.8 Å². The molecule has 0 radical (unpaired) electrons. The molecule has 1 aromatic heterocycles. The summed E-state index contributed by atoms with van der Waals surface area (Å²) >= 11 is 0. The van der Waals surface area contributed by atoms with E-state index in [1.807, 2.05) is 0 Å². The Labute approximate surface area is 83.0 Å². The first-order valence-corrected chi connectivity index (χ1v) is 3.04. The number of aromatic nitrogens is 2. The molecule has 0 aromatic carbocycles. The Morgan fingerprint density at radius 2 is 2.25 bits per heavy atom. The first kappa shape index (κ1) is 13.8. The van der Waals surface area contributed by atoms with E-state index in [-0.39, 0.29) is 24.8 Å². The predicted octanol–water partition coefficient (Wildman–Crippen LogP) is 0.898. The summed E-state index contributed by atoms with van der Waals surface area (Å²) in [6, 6.07) is 0. The molecule has 0 atom stereocenters. The molecule has 12 heavy (non-hydrogen) atoms. The highest BCUT2D eigenvalue weighted by molar-refractivity contribution is 5.85. The number of imidazole rings is 1. The average Bonchev–Trinajstić information content (AvgIpc) is 2.31. The van der Waals surface area contributed by atoms with E-state index in [2.05, 4.69) is 4.98 Å². The zero-order chi connectivity index (χ0) is 7.40. The molecule has 0 bridgehead atoms. The van der Waals surface area contributed by atoms with E-state index in [0.29, 0.717) is 18.8 Å². The number of anilines is 1. The fourth-order valence-corrected chi connectivity index (χ4v) is 0.701. The van der Waals surface area contributed by atoms with Crippen LogP contribution in [-0.4, -0.2) is 15.8 Å². The Kier molecular flexibility index (Phi) is 7.99. The topological polar surface area (TPSA) is 60.9 Å². The number of carbonyl (C=O) groups excluding carboxylic acids is 1. The third-order valence-electron chi connectivity index (χ3n) is 1.16. The Morgan fingerprint density at radius 1 is 1.58 bits per heavy atom. The summed E-state index contributed by atoms with van der Waals surface area (Å²) in [6.45, 7) is 0.660. The van der Waals surface area contributed by atoms with Gasteiger partial charge in [0.05, 0.1) is 6.33 Å². The van der Waals surface area contributed by atoms with Crippen LogP contribution in [0.3, 0.4) is 0 Å². The summed E-state index contributed by atoms with van der Waals surface area (Å²) in [5.74, 6) is 0.492. The van der Waals surface area contributed by atoms with Crippen molar-refractivity contribution in [1.29, 1.82) is 0 Å². The van der Waals surface area contributed by atoms with Gasteiger partial charge in [-0.1, -0.05) is 0 Å². The molecule has 0 spiro atoms. The van der Waals surface area contributed by atoms with Gasteiger partial charge in [-0.25, -0.2) is 4.98 Å². The van der Waals surface area contributed by atoms with Crippen LogP contribution in [0.2, 0.25) is 0 Å². The van der Waals surface area contributed by atoms with E-state index < -0.39 is 0 Å². The van der Waals surface area contributed by atoms with Crippen LogP contribution < -0.4 is 5.73 Å². The van der Waals surface area contributed by atoms with Crippen molar-refractivity contribution in [2.24, 2.45) is 0 Å². The predicted molar refractivity (Wildman–Crippen MR) is 51.8 cm³/mol. The van der Waals surface area contributed by atoms with Crippen molar-refractivity contribution >= 4 is 36.9 Å². The second-order valence-corrected chi connectivity index (χ2v) is 1.99. The number of carbonyl (C=O) groups is 1. The molecule has 0 aliphatic heterocycles. The van der Waals surface area contributed by atoms with Crippen molar-refractivity contribution in [3.8, 4) is 0 Å². The summed E-state index contributed by atoms with van der Waals surface area (Å²) in [6.07, 6.45) is 4.69. The standard InChI is InChI=1S/C6H9N3O.2ClH/c7-6-4-9(5-8-6)2-1-3-10;;/h3-5H,1-2,7H2;2*1H. The van der Waals surface area contributed by atoms with Crippen LogP contribution in [-0.2, 0) is 11.3 Å². The summed E-state index contributed by atoms with van der Waals surface area (Å²) in [4.78, 5) is 13.7. The molecule has 0 unspecified atom stereocenters. The van der Waals surface area contributed by atoms with E-state index in [0.717, 1.165) is 6.29 Å².